The molecule has 0 bridgehead atoms. The van der Waals surface area contributed by atoms with Gasteiger partial charge in [0, 0.05) is 15.2 Å². The van der Waals surface area contributed by atoms with Gasteiger partial charge >= 0.3 is 0 Å². The number of rotatable bonds is 3. The second kappa shape index (κ2) is 5.42. The fraction of sp³-hybridized carbons (Fsp3) is 1.00. The molecule has 0 aliphatic heterocycles. The predicted molar refractivity (Wildman–Crippen MR) is 114 cm³/mol. The molecule has 0 nitrogen and oxygen atoms in total. The lowest BCUT2D eigenvalue weighted by Gasteiger charge is -2.49. The summed E-state index contributed by atoms with van der Waals surface area (Å²) in [6, 6.07) is 0. The van der Waals surface area contributed by atoms with Gasteiger partial charge in [-0.3, -0.25) is 0 Å². The Bertz CT molecular complexity index is 175. The van der Waals surface area contributed by atoms with E-state index in [9.17, 15) is 0 Å². The Morgan fingerprint density at radius 3 is 0.786 bits per heavy atom. The minimum Gasteiger partial charge on any atom is -0.126 e. The van der Waals surface area contributed by atoms with Gasteiger partial charge < -0.3 is 0 Å². The van der Waals surface area contributed by atoms with Crippen molar-refractivity contribution in [2.45, 2.75) is 39.3 Å². The zero-order valence-corrected chi connectivity index (χ0v) is 22.1. The van der Waals surface area contributed by atoms with Crippen LogP contribution in [0.1, 0.15) is 0 Å². The highest BCUT2D eigenvalue weighted by Crippen LogP contribution is 2.51. The summed E-state index contributed by atoms with van der Waals surface area (Å²) < 4.78 is -2.03. The number of hydrogen-bond acceptors (Lipinski definition) is 0. The topological polar surface area (TPSA) is 0 Å². The van der Waals surface area contributed by atoms with E-state index in [0.717, 1.165) is 0 Å². The molecule has 14 heavy (non-hydrogen) atoms. The summed E-state index contributed by atoms with van der Waals surface area (Å²) in [5, 5.41) is 0. The van der Waals surface area contributed by atoms with Crippen LogP contribution in [0.15, 0.2) is 0 Å². The highest BCUT2D eigenvalue weighted by molar-refractivity contribution is 14.4. The van der Waals surface area contributed by atoms with E-state index in [1.807, 2.05) is 0 Å². The highest BCUT2D eigenvalue weighted by atomic mass is 127. The minimum absolute atomic E-state index is 0.955. The Morgan fingerprint density at radius 2 is 0.786 bits per heavy atom. The molecule has 0 heterocycles. The van der Waals surface area contributed by atoms with Crippen LogP contribution < -0.4 is 0 Å². The minimum atomic E-state index is -1.02. The van der Waals surface area contributed by atoms with E-state index in [1.165, 1.54) is 0 Å². The first-order chi connectivity index (χ1) is 5.75. The van der Waals surface area contributed by atoms with E-state index >= 15 is 0 Å². The van der Waals surface area contributed by atoms with Crippen LogP contribution in [0, 0.1) is 0 Å². The second-order valence-corrected chi connectivity index (χ2v) is 95.8. The molecular formula is C6H18I4Si4. The summed E-state index contributed by atoms with van der Waals surface area (Å²) in [4.78, 5) is 0. The molecule has 0 amide bonds. The van der Waals surface area contributed by atoms with E-state index in [2.05, 4.69) is 126 Å². The van der Waals surface area contributed by atoms with Gasteiger partial charge in [-0.1, -0.05) is 105 Å². The van der Waals surface area contributed by atoms with Crippen molar-refractivity contribution in [2.24, 2.45) is 0 Å². The zero-order chi connectivity index (χ0) is 12.0. The SMILES string of the molecule is C[Si](C)(C)[Si](I)([Si](C)(C)C)[Si](I)(I)I. The Hall–Kier alpha value is 3.79. The third kappa shape index (κ3) is 3.64. The first kappa shape index (κ1) is 17.8. The first-order valence-corrected chi connectivity index (χ1v) is 31.0. The van der Waals surface area contributed by atoms with Gasteiger partial charge in [0.1, 0.15) is 4.12 Å². The summed E-state index contributed by atoms with van der Waals surface area (Å²) in [6.45, 7) is 15.7. The van der Waals surface area contributed by atoms with Gasteiger partial charge in [0.25, 0.3) is 0 Å². The highest BCUT2D eigenvalue weighted by Gasteiger charge is 2.64. The summed E-state index contributed by atoms with van der Waals surface area (Å²) in [6.07, 6.45) is 0. The fourth-order valence-electron chi connectivity index (χ4n) is 1.98. The summed E-state index contributed by atoms with van der Waals surface area (Å²) >= 11 is 11.5. The Labute approximate surface area is 143 Å². The van der Waals surface area contributed by atoms with Crippen molar-refractivity contribution in [3.05, 3.63) is 0 Å². The molecule has 0 aliphatic rings. The fourth-order valence-corrected chi connectivity index (χ4v) is 184. The lowest BCUT2D eigenvalue weighted by molar-refractivity contribution is 1.81. The molecule has 0 saturated carbocycles. The van der Waals surface area contributed by atoms with Gasteiger partial charge in [0.2, 0.25) is 0.0813 Å². The lowest BCUT2D eigenvalue weighted by atomic mass is 11.8. The molecule has 0 unspecified atom stereocenters. The zero-order valence-electron chi connectivity index (χ0n) is 9.51. The van der Waals surface area contributed by atoms with Crippen LogP contribution >= 0.6 is 87.2 Å². The van der Waals surface area contributed by atoms with Crippen molar-refractivity contribution >= 4 is 107 Å². The van der Waals surface area contributed by atoms with Crippen molar-refractivity contribution in [2.75, 3.05) is 0 Å². The van der Waals surface area contributed by atoms with Crippen molar-refractivity contribution in [3.63, 3.8) is 0 Å². The molecule has 0 aliphatic carbocycles. The van der Waals surface area contributed by atoms with E-state index in [1.54, 1.807) is 0 Å². The largest absolute Gasteiger partial charge is 0.248 e. The van der Waals surface area contributed by atoms with Gasteiger partial charge in [0.15, 0.2) is 0 Å². The predicted octanol–water partition coefficient (Wildman–Crippen LogP) is 5.52. The number of halogens is 4. The Balaban J connectivity index is 5.54. The van der Waals surface area contributed by atoms with Crippen molar-refractivity contribution < 1.29 is 0 Å². The molecule has 8 heteroatoms. The molecule has 0 radical (unpaired) electrons. The van der Waals surface area contributed by atoms with Gasteiger partial charge in [-0.25, -0.2) is 0 Å². The maximum Gasteiger partial charge on any atom is 0.248 e. The van der Waals surface area contributed by atoms with E-state index < -0.39 is 19.4 Å². The standard InChI is InChI=1S/C6H18I4Si4/c1-11(2,3)14(10,12(4,5)6)13(7,8)9/h1-6H3. The molecular weight excluding hydrogens is 692 g/mol. The van der Waals surface area contributed by atoms with Crippen LogP contribution in [0.3, 0.4) is 0 Å². The normalized spacial score (nSPS) is 15.9. The van der Waals surface area contributed by atoms with Crippen molar-refractivity contribution in [1.82, 2.24) is 0 Å². The molecule has 0 saturated heterocycles. The lowest BCUT2D eigenvalue weighted by Crippen LogP contribution is -2.76. The maximum atomic E-state index is 3.00. The van der Waals surface area contributed by atoms with Gasteiger partial charge in [-0.2, -0.15) is 0 Å². The van der Waals surface area contributed by atoms with E-state index in [0.29, 0.717) is 0 Å². The third-order valence-electron chi connectivity index (χ3n) is 2.46. The van der Waals surface area contributed by atoms with Crippen LogP contribution in [-0.4, -0.2) is 19.4 Å². The van der Waals surface area contributed by atoms with Crippen LogP contribution in [0.5, 0.6) is 0 Å². The smallest absolute Gasteiger partial charge is 0.126 e. The van der Waals surface area contributed by atoms with Crippen LogP contribution in [0.4, 0.5) is 0 Å². The summed E-state index contributed by atoms with van der Waals surface area (Å²) in [5.41, 5.74) is 0. The third-order valence-corrected chi connectivity index (χ3v) is 169. The molecule has 0 fully saturated rings. The first-order valence-electron chi connectivity index (χ1n) is 4.51. The Kier molecular flexibility index (Phi) is 6.88. The second-order valence-electron chi connectivity index (χ2n) is 5.66. The molecule has 0 aromatic carbocycles. The van der Waals surface area contributed by atoms with Crippen LogP contribution in [0.2, 0.25) is 39.3 Å². The molecule has 86 valence electrons. The number of hydrogen-bond donors (Lipinski definition) is 0. The van der Waals surface area contributed by atoms with Gasteiger partial charge in [-0.05, 0) is 0 Å². The average molecular weight is 710 g/mol. The van der Waals surface area contributed by atoms with E-state index in [-0.39, 0.29) is 0 Å². The average Bonchev–Trinajstić information content (AvgIpc) is 1.77. The molecule has 0 atom stereocenters. The van der Waals surface area contributed by atoms with Crippen molar-refractivity contribution in [3.8, 4) is 0 Å². The van der Waals surface area contributed by atoms with Gasteiger partial charge in [-0.15, -0.1) is 21.8 Å². The van der Waals surface area contributed by atoms with Crippen molar-refractivity contribution in [1.29, 1.82) is 0 Å². The molecule has 0 aromatic rings. The van der Waals surface area contributed by atoms with Crippen LogP contribution in [-0.2, 0) is 0 Å². The maximum absolute atomic E-state index is 3.00. The quantitative estimate of drug-likeness (QED) is 0.206. The molecule has 0 spiro atoms. The Morgan fingerprint density at radius 1 is 0.571 bits per heavy atom. The molecule has 0 N–H and O–H groups in total. The molecule has 0 aromatic heterocycles. The molecule has 0 rings (SSSR count). The summed E-state index contributed by atoms with van der Waals surface area (Å²) in [5.74, 6) is 0. The van der Waals surface area contributed by atoms with Crippen LogP contribution in [0.25, 0.3) is 0 Å². The van der Waals surface area contributed by atoms with E-state index in [4.69, 9.17) is 0 Å². The summed E-state index contributed by atoms with van der Waals surface area (Å²) in [7, 11) is -1.91. The monoisotopic (exact) mass is 710 g/mol. The van der Waals surface area contributed by atoms with Gasteiger partial charge in [0.05, 0.1) is 0 Å².